The minimum atomic E-state index is -1.58. The summed E-state index contributed by atoms with van der Waals surface area (Å²) in [5.74, 6) is 0. The Morgan fingerprint density at radius 1 is 0.560 bits per heavy atom. The lowest BCUT2D eigenvalue weighted by atomic mass is 10.3. The maximum absolute atomic E-state index is 2.33. The van der Waals surface area contributed by atoms with Crippen LogP contribution in [0.5, 0.6) is 0 Å². The Morgan fingerprint density at radius 2 is 0.920 bits per heavy atom. The highest BCUT2D eigenvalue weighted by atomic mass is 79.9. The first-order valence-electron chi connectivity index (χ1n) is 8.93. The van der Waals surface area contributed by atoms with E-state index in [1.807, 2.05) is 0 Å². The van der Waals surface area contributed by atoms with Crippen molar-refractivity contribution < 1.29 is 0 Å². The molecule has 0 heterocycles. The quantitative estimate of drug-likeness (QED) is 0.341. The number of unbranched alkanes of at least 4 members (excludes halogenated alkanes) is 2. The summed E-state index contributed by atoms with van der Waals surface area (Å²) in [5.41, 5.74) is 0. The normalized spacial score (nSPS) is 10.9. The minimum absolute atomic E-state index is 0. The van der Waals surface area contributed by atoms with Gasteiger partial charge in [-0.2, -0.15) is 0 Å². The standard InChI is InChI=1S/C23H26P.BrH/c1-2-3-13-20-24(21-14-7-4-8-15-21,22-16-9-5-10-17-22)23-18-11-6-12-19-23;/h4-12,14-19H,2-3,13,20H2,1H3;1H. The zero-order chi connectivity index (χ0) is 16.7. The molecule has 0 spiro atoms. The van der Waals surface area contributed by atoms with Crippen molar-refractivity contribution in [2.75, 3.05) is 6.16 Å². The van der Waals surface area contributed by atoms with Gasteiger partial charge in [0, 0.05) is 0 Å². The van der Waals surface area contributed by atoms with Crippen LogP contribution < -0.4 is 15.9 Å². The van der Waals surface area contributed by atoms with E-state index >= 15 is 0 Å². The Morgan fingerprint density at radius 3 is 1.24 bits per heavy atom. The summed E-state index contributed by atoms with van der Waals surface area (Å²) in [6.07, 6.45) is 5.09. The van der Waals surface area contributed by atoms with Crippen LogP contribution in [0.1, 0.15) is 26.2 Å². The second-order valence-corrected chi connectivity index (χ2v) is 9.86. The number of rotatable bonds is 7. The Bertz CT molecular complexity index is 629. The first-order valence-corrected chi connectivity index (χ1v) is 10.9. The van der Waals surface area contributed by atoms with Crippen molar-refractivity contribution in [1.29, 1.82) is 0 Å². The molecule has 0 unspecified atom stereocenters. The van der Waals surface area contributed by atoms with Gasteiger partial charge in [-0.15, -0.1) is 17.0 Å². The lowest BCUT2D eigenvalue weighted by molar-refractivity contribution is 0.776. The van der Waals surface area contributed by atoms with E-state index in [0.29, 0.717) is 0 Å². The summed E-state index contributed by atoms with van der Waals surface area (Å²) in [6.45, 7) is 2.29. The third-order valence-electron chi connectivity index (χ3n) is 4.69. The summed E-state index contributed by atoms with van der Waals surface area (Å²) in [6, 6.07) is 33.5. The van der Waals surface area contributed by atoms with Gasteiger partial charge >= 0.3 is 0 Å². The van der Waals surface area contributed by atoms with Gasteiger partial charge < -0.3 is 0 Å². The highest BCUT2D eigenvalue weighted by Crippen LogP contribution is 2.55. The molecule has 0 aliphatic heterocycles. The molecule has 0 aromatic heterocycles. The summed E-state index contributed by atoms with van der Waals surface area (Å²) in [7, 11) is -1.58. The molecule has 2 heteroatoms. The summed E-state index contributed by atoms with van der Waals surface area (Å²) < 4.78 is 0. The highest BCUT2D eigenvalue weighted by Gasteiger charge is 2.32. The van der Waals surface area contributed by atoms with Crippen molar-refractivity contribution in [3.63, 3.8) is 0 Å². The molecule has 0 amide bonds. The van der Waals surface area contributed by atoms with Crippen LogP contribution in [0, 0.1) is 0 Å². The number of hydrogen-bond donors (Lipinski definition) is 0. The van der Waals surface area contributed by atoms with Crippen molar-refractivity contribution >= 4 is 40.2 Å². The Balaban J connectivity index is 0.00000225. The van der Waals surface area contributed by atoms with Crippen LogP contribution in [0.3, 0.4) is 0 Å². The molecule has 0 aliphatic carbocycles. The molecule has 0 aliphatic rings. The molecule has 3 aromatic rings. The summed E-state index contributed by atoms with van der Waals surface area (Å²) >= 11 is 0. The van der Waals surface area contributed by atoms with Crippen molar-refractivity contribution in [2.24, 2.45) is 0 Å². The van der Waals surface area contributed by atoms with E-state index in [9.17, 15) is 0 Å². The van der Waals surface area contributed by atoms with Crippen molar-refractivity contribution in [3.05, 3.63) is 91.0 Å². The van der Waals surface area contributed by atoms with E-state index in [2.05, 4.69) is 97.9 Å². The molecule has 3 aromatic carbocycles. The topological polar surface area (TPSA) is 0 Å². The SMILES string of the molecule is Br.CCCCC[P](c1ccccc1)(c1ccccc1)c1ccccc1. The predicted molar refractivity (Wildman–Crippen MR) is 120 cm³/mol. The number of halogens is 1. The van der Waals surface area contributed by atoms with Gasteiger partial charge in [0.05, 0.1) is 0 Å². The fraction of sp³-hybridized carbons (Fsp3) is 0.217. The first-order chi connectivity index (χ1) is 11.9. The molecule has 0 atom stereocenters. The maximum atomic E-state index is 2.33. The fourth-order valence-corrected chi connectivity index (χ4v) is 7.89. The summed E-state index contributed by atoms with van der Waals surface area (Å²) in [4.78, 5) is 0. The van der Waals surface area contributed by atoms with E-state index in [-0.39, 0.29) is 17.0 Å². The van der Waals surface area contributed by atoms with E-state index < -0.39 is 7.26 Å². The summed E-state index contributed by atoms with van der Waals surface area (Å²) in [5, 5.41) is 4.50. The average Bonchev–Trinajstić information content (AvgIpc) is 2.68. The molecule has 0 fully saturated rings. The van der Waals surface area contributed by atoms with Crippen molar-refractivity contribution in [1.82, 2.24) is 0 Å². The predicted octanol–water partition coefficient (Wildman–Crippen LogP) is 5.75. The zero-order valence-corrected chi connectivity index (χ0v) is 17.5. The van der Waals surface area contributed by atoms with Gasteiger partial charge in [0.25, 0.3) is 0 Å². The van der Waals surface area contributed by atoms with Crippen LogP contribution in [-0.4, -0.2) is 6.16 Å². The van der Waals surface area contributed by atoms with Gasteiger partial charge in [0.1, 0.15) is 0 Å². The molecule has 0 saturated carbocycles. The minimum Gasteiger partial charge on any atom is -0.114 e. The van der Waals surface area contributed by atoms with Gasteiger partial charge in [-0.05, 0) is 35.8 Å². The van der Waals surface area contributed by atoms with Crippen molar-refractivity contribution in [3.8, 4) is 0 Å². The van der Waals surface area contributed by atoms with Crippen LogP contribution in [0.2, 0.25) is 0 Å². The van der Waals surface area contributed by atoms with Gasteiger partial charge in [0.2, 0.25) is 0 Å². The van der Waals surface area contributed by atoms with Crippen LogP contribution in [-0.2, 0) is 0 Å². The molecule has 1 radical (unpaired) electrons. The lowest BCUT2D eigenvalue weighted by Gasteiger charge is -2.38. The van der Waals surface area contributed by atoms with Crippen LogP contribution >= 0.6 is 24.2 Å². The first kappa shape index (κ1) is 19.9. The second kappa shape index (κ2) is 9.90. The third kappa shape index (κ3) is 4.40. The van der Waals surface area contributed by atoms with Crippen molar-refractivity contribution in [2.45, 2.75) is 26.2 Å². The number of benzene rings is 3. The monoisotopic (exact) mass is 413 g/mol. The van der Waals surface area contributed by atoms with Crippen LogP contribution in [0.25, 0.3) is 0 Å². The lowest BCUT2D eigenvalue weighted by Crippen LogP contribution is -2.33. The number of hydrogen-bond acceptors (Lipinski definition) is 0. The molecular formula is C23H27BrP. The Hall–Kier alpha value is -1.43. The van der Waals surface area contributed by atoms with E-state index in [0.717, 1.165) is 0 Å². The fourth-order valence-electron chi connectivity index (χ4n) is 3.48. The average molecular weight is 414 g/mol. The molecule has 0 bridgehead atoms. The maximum Gasteiger partial charge on any atom is -0.0196 e. The molecule has 0 saturated heterocycles. The smallest absolute Gasteiger partial charge is 0.0196 e. The Kier molecular flexibility index (Phi) is 7.88. The molecule has 3 rings (SSSR count). The van der Waals surface area contributed by atoms with Gasteiger partial charge in [-0.25, -0.2) is 0 Å². The molecular weight excluding hydrogens is 387 g/mol. The molecule has 131 valence electrons. The van der Waals surface area contributed by atoms with Crippen LogP contribution in [0.4, 0.5) is 0 Å². The van der Waals surface area contributed by atoms with Gasteiger partial charge in [0.15, 0.2) is 0 Å². The van der Waals surface area contributed by atoms with E-state index in [1.165, 1.54) is 41.3 Å². The Labute approximate surface area is 163 Å². The second-order valence-electron chi connectivity index (χ2n) is 6.25. The zero-order valence-electron chi connectivity index (χ0n) is 14.8. The third-order valence-corrected chi connectivity index (χ3v) is 9.21. The molecule has 0 N–H and O–H groups in total. The van der Waals surface area contributed by atoms with E-state index in [1.54, 1.807) is 0 Å². The van der Waals surface area contributed by atoms with Gasteiger partial charge in [-0.1, -0.05) is 111 Å². The molecule has 25 heavy (non-hydrogen) atoms. The largest absolute Gasteiger partial charge is 0.114 e. The molecule has 0 nitrogen and oxygen atoms in total. The van der Waals surface area contributed by atoms with Crippen LogP contribution in [0.15, 0.2) is 91.0 Å². The highest BCUT2D eigenvalue weighted by molar-refractivity contribution is 8.93. The van der Waals surface area contributed by atoms with Gasteiger partial charge in [-0.3, -0.25) is 0 Å². The van der Waals surface area contributed by atoms with E-state index in [4.69, 9.17) is 0 Å².